The lowest BCUT2D eigenvalue weighted by Crippen LogP contribution is -2.22. The average molecular weight is 220 g/mol. The van der Waals surface area contributed by atoms with Crippen molar-refractivity contribution in [2.24, 2.45) is 0 Å². The van der Waals surface area contributed by atoms with Crippen LogP contribution >= 0.6 is 0 Å². The van der Waals surface area contributed by atoms with Crippen molar-refractivity contribution in [3.8, 4) is 0 Å². The van der Waals surface area contributed by atoms with E-state index in [1.165, 1.54) is 12.8 Å². The first-order chi connectivity index (χ1) is 7.83. The fourth-order valence-corrected chi connectivity index (χ4v) is 1.49. The van der Waals surface area contributed by atoms with Crippen molar-refractivity contribution in [1.82, 2.24) is 10.3 Å². The van der Waals surface area contributed by atoms with Gasteiger partial charge in [0.05, 0.1) is 12.2 Å². The molecule has 1 amide bonds. The van der Waals surface area contributed by atoms with Crippen LogP contribution in [0.1, 0.15) is 44.7 Å². The van der Waals surface area contributed by atoms with E-state index in [1.807, 2.05) is 18.2 Å². The van der Waals surface area contributed by atoms with Crippen molar-refractivity contribution in [3.63, 3.8) is 0 Å². The van der Waals surface area contributed by atoms with Gasteiger partial charge in [0, 0.05) is 12.6 Å². The van der Waals surface area contributed by atoms with Gasteiger partial charge in [-0.25, -0.2) is 0 Å². The molecule has 0 aromatic carbocycles. The Morgan fingerprint density at radius 1 is 1.31 bits per heavy atom. The molecule has 0 atom stereocenters. The monoisotopic (exact) mass is 220 g/mol. The summed E-state index contributed by atoms with van der Waals surface area (Å²) in [5, 5.41) is 2.87. The molecule has 0 aliphatic rings. The van der Waals surface area contributed by atoms with Gasteiger partial charge in [-0.15, -0.1) is 0 Å². The van der Waals surface area contributed by atoms with Gasteiger partial charge in [-0.1, -0.05) is 32.3 Å². The lowest BCUT2D eigenvalue weighted by Gasteiger charge is -2.04. The summed E-state index contributed by atoms with van der Waals surface area (Å²) in [6.45, 7) is 2.70. The molecule has 0 bridgehead atoms. The molecule has 16 heavy (non-hydrogen) atoms. The van der Waals surface area contributed by atoms with Gasteiger partial charge in [-0.3, -0.25) is 9.78 Å². The molecule has 3 nitrogen and oxygen atoms in total. The number of carbonyl (C=O) groups is 1. The van der Waals surface area contributed by atoms with Crippen LogP contribution in [0.5, 0.6) is 0 Å². The number of nitrogens with one attached hydrogen (secondary N) is 1. The molecular weight excluding hydrogens is 200 g/mol. The molecule has 88 valence electrons. The van der Waals surface area contributed by atoms with Gasteiger partial charge >= 0.3 is 0 Å². The van der Waals surface area contributed by atoms with Crippen molar-refractivity contribution >= 4 is 5.91 Å². The van der Waals surface area contributed by atoms with Crippen molar-refractivity contribution in [2.75, 3.05) is 0 Å². The van der Waals surface area contributed by atoms with Gasteiger partial charge < -0.3 is 5.32 Å². The minimum atomic E-state index is 0.127. The SMILES string of the molecule is CCCCCCC(=O)NCc1ccccn1. The molecule has 0 spiro atoms. The minimum absolute atomic E-state index is 0.127. The smallest absolute Gasteiger partial charge is 0.220 e. The molecule has 1 rings (SSSR count). The zero-order valence-corrected chi connectivity index (χ0v) is 9.91. The van der Waals surface area contributed by atoms with Crippen molar-refractivity contribution in [3.05, 3.63) is 30.1 Å². The van der Waals surface area contributed by atoms with Gasteiger partial charge in [0.15, 0.2) is 0 Å². The van der Waals surface area contributed by atoms with Crippen LogP contribution in [0.15, 0.2) is 24.4 Å². The highest BCUT2D eigenvalue weighted by Gasteiger charge is 2.00. The third-order valence-electron chi connectivity index (χ3n) is 2.45. The molecule has 3 heteroatoms. The standard InChI is InChI=1S/C13H20N2O/c1-2-3-4-5-9-13(16)15-11-12-8-6-7-10-14-12/h6-8,10H,2-5,9,11H2,1H3,(H,15,16). The van der Waals surface area contributed by atoms with E-state index in [4.69, 9.17) is 0 Å². The third kappa shape index (κ3) is 5.49. The van der Waals surface area contributed by atoms with Crippen LogP contribution in [0.4, 0.5) is 0 Å². The molecule has 1 N–H and O–H groups in total. The molecule has 0 aliphatic carbocycles. The van der Waals surface area contributed by atoms with E-state index in [0.717, 1.165) is 18.5 Å². The number of nitrogens with zero attached hydrogens (tertiary/aromatic N) is 1. The zero-order chi connectivity index (χ0) is 11.6. The first-order valence-electron chi connectivity index (χ1n) is 5.99. The average Bonchev–Trinajstić information content (AvgIpc) is 2.33. The molecule has 0 saturated carbocycles. The van der Waals surface area contributed by atoms with Crippen LogP contribution in [0.3, 0.4) is 0 Å². The molecule has 1 aromatic heterocycles. The number of amides is 1. The maximum Gasteiger partial charge on any atom is 0.220 e. The van der Waals surface area contributed by atoms with Gasteiger partial charge in [-0.2, -0.15) is 0 Å². The summed E-state index contributed by atoms with van der Waals surface area (Å²) < 4.78 is 0. The van der Waals surface area contributed by atoms with Crippen LogP contribution < -0.4 is 5.32 Å². The minimum Gasteiger partial charge on any atom is -0.350 e. The Labute approximate surface area is 97.3 Å². The molecule has 1 aromatic rings. The van der Waals surface area contributed by atoms with Crippen LogP contribution in [0.25, 0.3) is 0 Å². The normalized spacial score (nSPS) is 10.1. The Morgan fingerprint density at radius 3 is 2.88 bits per heavy atom. The number of aromatic nitrogens is 1. The van der Waals surface area contributed by atoms with Crippen molar-refractivity contribution < 1.29 is 4.79 Å². The van der Waals surface area contributed by atoms with E-state index < -0.39 is 0 Å². The van der Waals surface area contributed by atoms with Gasteiger partial charge in [-0.05, 0) is 18.6 Å². The van der Waals surface area contributed by atoms with Crippen LogP contribution in [0.2, 0.25) is 0 Å². The van der Waals surface area contributed by atoms with Gasteiger partial charge in [0.2, 0.25) is 5.91 Å². The number of pyridine rings is 1. The Morgan fingerprint density at radius 2 is 2.19 bits per heavy atom. The number of rotatable bonds is 7. The summed E-state index contributed by atoms with van der Waals surface area (Å²) in [6.07, 6.45) is 6.92. The molecule has 0 aliphatic heterocycles. The number of carbonyl (C=O) groups excluding carboxylic acids is 1. The largest absolute Gasteiger partial charge is 0.350 e. The Kier molecular flexibility index (Phi) is 6.23. The highest BCUT2D eigenvalue weighted by Crippen LogP contribution is 2.02. The van der Waals surface area contributed by atoms with Gasteiger partial charge in [0.25, 0.3) is 0 Å². The van der Waals surface area contributed by atoms with E-state index in [9.17, 15) is 4.79 Å². The third-order valence-corrected chi connectivity index (χ3v) is 2.45. The second-order valence-electron chi connectivity index (χ2n) is 3.91. The molecule has 0 unspecified atom stereocenters. The number of unbranched alkanes of at least 4 members (excludes halogenated alkanes) is 3. The zero-order valence-electron chi connectivity index (χ0n) is 9.91. The van der Waals surface area contributed by atoms with Crippen LogP contribution in [0, 0.1) is 0 Å². The summed E-state index contributed by atoms with van der Waals surface area (Å²) in [5.41, 5.74) is 0.907. The highest BCUT2D eigenvalue weighted by molar-refractivity contribution is 5.75. The Balaban J connectivity index is 2.11. The first-order valence-corrected chi connectivity index (χ1v) is 5.99. The summed E-state index contributed by atoms with van der Waals surface area (Å²) in [4.78, 5) is 15.6. The summed E-state index contributed by atoms with van der Waals surface area (Å²) in [5.74, 6) is 0.127. The number of hydrogen-bond acceptors (Lipinski definition) is 2. The topological polar surface area (TPSA) is 42.0 Å². The summed E-state index contributed by atoms with van der Waals surface area (Å²) in [7, 11) is 0. The number of hydrogen-bond donors (Lipinski definition) is 1. The predicted molar refractivity (Wildman–Crippen MR) is 64.8 cm³/mol. The maximum atomic E-state index is 11.4. The van der Waals surface area contributed by atoms with E-state index in [2.05, 4.69) is 17.2 Å². The van der Waals surface area contributed by atoms with E-state index in [-0.39, 0.29) is 5.91 Å². The van der Waals surface area contributed by atoms with Crippen molar-refractivity contribution in [2.45, 2.75) is 45.6 Å². The molecule has 0 saturated heterocycles. The lowest BCUT2D eigenvalue weighted by atomic mass is 10.1. The van der Waals surface area contributed by atoms with Crippen LogP contribution in [-0.2, 0) is 11.3 Å². The predicted octanol–water partition coefficient (Wildman–Crippen LogP) is 2.67. The maximum absolute atomic E-state index is 11.4. The fourth-order valence-electron chi connectivity index (χ4n) is 1.49. The van der Waals surface area contributed by atoms with Gasteiger partial charge in [0.1, 0.15) is 0 Å². The van der Waals surface area contributed by atoms with Crippen LogP contribution in [-0.4, -0.2) is 10.9 Å². The molecule has 1 heterocycles. The molecular formula is C13H20N2O. The quantitative estimate of drug-likeness (QED) is 0.718. The fraction of sp³-hybridized carbons (Fsp3) is 0.538. The van der Waals surface area contributed by atoms with E-state index >= 15 is 0 Å². The molecule has 0 fully saturated rings. The molecule has 0 radical (unpaired) electrons. The Bertz CT molecular complexity index is 298. The highest BCUT2D eigenvalue weighted by atomic mass is 16.1. The second kappa shape index (κ2) is 7.85. The van der Waals surface area contributed by atoms with E-state index in [1.54, 1.807) is 6.20 Å². The first kappa shape index (κ1) is 12.7. The lowest BCUT2D eigenvalue weighted by molar-refractivity contribution is -0.121. The van der Waals surface area contributed by atoms with Crippen molar-refractivity contribution in [1.29, 1.82) is 0 Å². The summed E-state index contributed by atoms with van der Waals surface area (Å²) >= 11 is 0. The Hall–Kier alpha value is -1.38. The summed E-state index contributed by atoms with van der Waals surface area (Å²) in [6, 6.07) is 5.71. The van der Waals surface area contributed by atoms with E-state index in [0.29, 0.717) is 13.0 Å². The second-order valence-corrected chi connectivity index (χ2v) is 3.91.